The summed E-state index contributed by atoms with van der Waals surface area (Å²) in [6.45, 7) is 4.52. The number of thiophene rings is 1. The summed E-state index contributed by atoms with van der Waals surface area (Å²) < 4.78 is 16.5. The number of furan rings is 2. The molecule has 0 saturated carbocycles. The van der Waals surface area contributed by atoms with Crippen LogP contribution in [0, 0.1) is 0 Å². The van der Waals surface area contributed by atoms with Gasteiger partial charge in [-0.1, -0.05) is 227 Å². The fourth-order valence-electron chi connectivity index (χ4n) is 15.0. The minimum Gasteiger partial charge on any atom is -0.454 e. The summed E-state index contributed by atoms with van der Waals surface area (Å²) in [5, 5.41) is 14.1. The molecular formula is C92H68N2O2S. The highest BCUT2D eigenvalue weighted by atomic mass is 32.1. The molecule has 15 aromatic carbocycles. The molecule has 5 heteroatoms. The zero-order chi connectivity index (χ0) is 64.5. The normalized spacial score (nSPS) is 11.9. The molecule has 0 unspecified atom stereocenters. The Kier molecular flexibility index (Phi) is 14.6. The molecule has 0 spiro atoms. The Morgan fingerprint density at radius 3 is 1.18 bits per heavy atom. The van der Waals surface area contributed by atoms with Crippen molar-refractivity contribution in [1.29, 1.82) is 0 Å². The highest BCUT2D eigenvalue weighted by Crippen LogP contribution is 2.50. The molecule has 0 amide bonds. The first-order chi connectivity index (χ1) is 48.0. The van der Waals surface area contributed by atoms with Gasteiger partial charge in [0.2, 0.25) is 0 Å². The van der Waals surface area contributed by atoms with Crippen LogP contribution in [0.1, 0.15) is 50.7 Å². The third-order valence-corrected chi connectivity index (χ3v) is 21.1. The zero-order valence-electron chi connectivity index (χ0n) is 54.2. The van der Waals surface area contributed by atoms with E-state index in [1.54, 1.807) is 0 Å². The molecule has 0 saturated heterocycles. The van der Waals surface area contributed by atoms with Crippen molar-refractivity contribution in [1.82, 2.24) is 0 Å². The van der Waals surface area contributed by atoms with Gasteiger partial charge in [-0.3, -0.25) is 0 Å². The minimum absolute atomic E-state index is 0.844. The van der Waals surface area contributed by atoms with Gasteiger partial charge in [0.05, 0.1) is 11.4 Å². The third-order valence-electron chi connectivity index (χ3n) is 20.0. The first-order valence-corrected chi connectivity index (χ1v) is 35.0. The van der Waals surface area contributed by atoms with Crippen LogP contribution in [0.25, 0.3) is 141 Å². The van der Waals surface area contributed by atoms with E-state index < -0.39 is 0 Å². The van der Waals surface area contributed by atoms with Crippen LogP contribution in [0.4, 0.5) is 34.1 Å². The van der Waals surface area contributed by atoms with Gasteiger partial charge in [0.1, 0.15) is 11.2 Å². The maximum atomic E-state index is 7.04. The van der Waals surface area contributed by atoms with Gasteiger partial charge in [-0.15, -0.1) is 11.3 Å². The van der Waals surface area contributed by atoms with Crippen LogP contribution in [0.5, 0.6) is 0 Å². The van der Waals surface area contributed by atoms with E-state index in [2.05, 4.69) is 327 Å². The van der Waals surface area contributed by atoms with E-state index in [1.807, 2.05) is 11.3 Å². The van der Waals surface area contributed by atoms with E-state index in [0.717, 1.165) is 113 Å². The molecule has 0 bridgehead atoms. The fraction of sp³-hybridized carbons (Fsp3) is 0.0870. The van der Waals surface area contributed by atoms with E-state index in [1.165, 1.54) is 112 Å². The van der Waals surface area contributed by atoms with Gasteiger partial charge >= 0.3 is 0 Å². The number of rotatable bonds is 16. The average molecular weight is 1270 g/mol. The lowest BCUT2D eigenvalue weighted by Gasteiger charge is -2.27. The summed E-state index contributed by atoms with van der Waals surface area (Å²) in [7, 11) is 0. The predicted molar refractivity (Wildman–Crippen MR) is 415 cm³/mol. The standard InChI is InChI=1S/C92H68N2O2S/c1-3-5-19-59-35-39-63(40-36-59)65-25-15-27-69(51-65)93(85-33-17-31-76-81-53-67(61-21-9-7-10-22-61)43-48-87(81)95-91(76)85)71-45-47-75-78(55-71)73-29-13-14-30-74(73)79-57-84-83-56-72(46-50-89(83)97-90(84)58-80(75)79)94(70-28-16-26-66(52-70)64-41-37-60(38-42-64)20-6-4-2)86-34-18-32-77-82-54-68(62-23-11-8-12-24-62)44-49-88(82)96-92(77)86/h7-18,21-58H,3-6,19-20H2,1-2H3. The Bertz CT molecular complexity index is 6040. The summed E-state index contributed by atoms with van der Waals surface area (Å²) >= 11 is 1.87. The van der Waals surface area contributed by atoms with Crippen LogP contribution in [0.3, 0.4) is 0 Å². The number of anilines is 6. The number of fused-ring (bicyclic) bond motifs is 15. The molecule has 97 heavy (non-hydrogen) atoms. The molecule has 0 fully saturated rings. The first-order valence-electron chi connectivity index (χ1n) is 34.2. The second kappa shape index (κ2) is 24.4. The van der Waals surface area contributed by atoms with Crippen LogP contribution in [0.15, 0.2) is 312 Å². The molecule has 18 rings (SSSR count). The number of hydrogen-bond acceptors (Lipinski definition) is 5. The molecule has 0 radical (unpaired) electrons. The van der Waals surface area contributed by atoms with Crippen LogP contribution in [0.2, 0.25) is 0 Å². The fourth-order valence-corrected chi connectivity index (χ4v) is 16.1. The van der Waals surface area contributed by atoms with Crippen LogP contribution in [-0.2, 0) is 12.8 Å². The maximum Gasteiger partial charge on any atom is 0.159 e. The van der Waals surface area contributed by atoms with Gasteiger partial charge in [-0.2, -0.15) is 0 Å². The molecule has 0 N–H and O–H groups in total. The van der Waals surface area contributed by atoms with Crippen molar-refractivity contribution in [3.63, 3.8) is 0 Å². The Labute approximate surface area is 568 Å². The molecule has 3 heterocycles. The lowest BCUT2D eigenvalue weighted by atomic mass is 9.92. The Balaban J connectivity index is 0.792. The van der Waals surface area contributed by atoms with Crippen LogP contribution >= 0.6 is 11.3 Å². The highest BCUT2D eigenvalue weighted by molar-refractivity contribution is 7.26. The van der Waals surface area contributed by atoms with Crippen molar-refractivity contribution in [3.8, 4) is 44.5 Å². The summed E-state index contributed by atoms with van der Waals surface area (Å²) in [5.41, 5.74) is 21.7. The Morgan fingerprint density at radius 1 is 0.258 bits per heavy atom. The first kappa shape index (κ1) is 58.1. The third kappa shape index (κ3) is 10.4. The minimum atomic E-state index is 0.844. The number of para-hydroxylation sites is 2. The lowest BCUT2D eigenvalue weighted by Crippen LogP contribution is -2.10. The molecule has 464 valence electrons. The molecule has 0 aliphatic carbocycles. The SMILES string of the molecule is CCCCc1ccc(-c2cccc(N(c3ccc4sc5cc6c7ccc(N(c8cccc(-c9ccc(CCCC)cc9)c8)c8cccc9c8oc8ccc(-c%10ccccc%10)cc89)cc7c7ccccc7c6cc5c4c3)c3cccc4c3oc3ccc(-c5ccccc5)cc34)c2)cc1. The zero-order valence-corrected chi connectivity index (χ0v) is 55.0. The summed E-state index contributed by atoms with van der Waals surface area (Å²) in [6, 6.07) is 112. The van der Waals surface area contributed by atoms with Crippen molar-refractivity contribution in [3.05, 3.63) is 314 Å². The van der Waals surface area contributed by atoms with Crippen molar-refractivity contribution >= 4 is 142 Å². The monoisotopic (exact) mass is 1260 g/mol. The molecule has 18 aromatic rings. The van der Waals surface area contributed by atoms with E-state index in [4.69, 9.17) is 8.83 Å². The Hall–Kier alpha value is -11.5. The number of benzene rings is 15. The maximum absolute atomic E-state index is 7.04. The quantitative estimate of drug-likeness (QED) is 0.0903. The average Bonchev–Trinajstić information content (AvgIpc) is 1.72. The van der Waals surface area contributed by atoms with Gasteiger partial charge in [0.15, 0.2) is 11.2 Å². The molecule has 0 atom stereocenters. The van der Waals surface area contributed by atoms with E-state index in [-0.39, 0.29) is 0 Å². The van der Waals surface area contributed by atoms with E-state index >= 15 is 0 Å². The number of nitrogens with zero attached hydrogens (tertiary/aromatic N) is 2. The molecule has 4 nitrogen and oxygen atoms in total. The molecular weight excluding hydrogens is 1200 g/mol. The second-order valence-electron chi connectivity index (χ2n) is 26.0. The predicted octanol–water partition coefficient (Wildman–Crippen LogP) is 27.6. The van der Waals surface area contributed by atoms with Gasteiger partial charge in [-0.25, -0.2) is 0 Å². The molecule has 0 aliphatic heterocycles. The van der Waals surface area contributed by atoms with Crippen LogP contribution in [-0.4, -0.2) is 0 Å². The molecule has 0 aliphatic rings. The highest BCUT2D eigenvalue weighted by Gasteiger charge is 2.25. The summed E-state index contributed by atoms with van der Waals surface area (Å²) in [4.78, 5) is 4.82. The van der Waals surface area contributed by atoms with E-state index in [9.17, 15) is 0 Å². The number of hydrogen-bond donors (Lipinski definition) is 0. The van der Waals surface area contributed by atoms with E-state index in [0.29, 0.717) is 0 Å². The summed E-state index contributed by atoms with van der Waals surface area (Å²) in [5.74, 6) is 0. The summed E-state index contributed by atoms with van der Waals surface area (Å²) in [6.07, 6.45) is 6.91. The topological polar surface area (TPSA) is 32.8 Å². The van der Waals surface area contributed by atoms with Crippen molar-refractivity contribution in [2.75, 3.05) is 9.80 Å². The molecule has 3 aromatic heterocycles. The van der Waals surface area contributed by atoms with Gasteiger partial charge in [0, 0.05) is 64.5 Å². The smallest absolute Gasteiger partial charge is 0.159 e. The van der Waals surface area contributed by atoms with Gasteiger partial charge < -0.3 is 18.6 Å². The van der Waals surface area contributed by atoms with Crippen molar-refractivity contribution < 1.29 is 8.83 Å². The largest absolute Gasteiger partial charge is 0.454 e. The number of unbranched alkanes of at least 4 members (excludes halogenated alkanes) is 2. The second-order valence-corrected chi connectivity index (χ2v) is 27.1. The van der Waals surface area contributed by atoms with Gasteiger partial charge in [0.25, 0.3) is 0 Å². The van der Waals surface area contributed by atoms with Crippen molar-refractivity contribution in [2.45, 2.75) is 52.4 Å². The van der Waals surface area contributed by atoms with Gasteiger partial charge in [-0.05, 0) is 217 Å². The lowest BCUT2D eigenvalue weighted by molar-refractivity contribution is 0.669. The Morgan fingerprint density at radius 2 is 0.649 bits per heavy atom. The number of aryl methyl sites for hydroxylation is 2. The van der Waals surface area contributed by atoms with Crippen LogP contribution < -0.4 is 9.80 Å². The van der Waals surface area contributed by atoms with Crippen molar-refractivity contribution in [2.24, 2.45) is 0 Å².